The fourth-order valence-corrected chi connectivity index (χ4v) is 0.684. The minimum atomic E-state index is -4.64. The van der Waals surface area contributed by atoms with Crippen LogP contribution in [0.5, 0.6) is 0 Å². The van der Waals surface area contributed by atoms with Crippen molar-refractivity contribution < 1.29 is 158 Å². The molecular weight excluding hydrogens is 380 g/mol. The minimum absolute atomic E-state index is 0. The molecule has 0 rings (SSSR count). The van der Waals surface area contributed by atoms with Crippen molar-refractivity contribution in [2.75, 3.05) is 0 Å². The van der Waals surface area contributed by atoms with Crippen LogP contribution in [0.15, 0.2) is 0 Å². The number of aliphatic hydroxyl groups is 1. The van der Waals surface area contributed by atoms with Gasteiger partial charge >= 0.3 is 142 Å². The molecule has 0 spiro atoms. The Balaban J connectivity index is -0.0000000627. The fraction of sp³-hybridized carbons (Fsp3) is 0.500. The Morgan fingerprint density at radius 3 is 1.24 bits per heavy atom. The Morgan fingerprint density at radius 1 is 0.952 bits per heavy atom. The third kappa shape index (κ3) is 27.9. The van der Waals surface area contributed by atoms with E-state index in [-0.39, 0.29) is 134 Å². The number of hydrogen-bond acceptors (Lipinski definition) is 8. The van der Waals surface area contributed by atoms with Crippen molar-refractivity contribution in [1.29, 1.82) is 0 Å². The Hall–Kier alpha value is 2.75. The van der Waals surface area contributed by atoms with Gasteiger partial charge in [-0.15, -0.1) is 0 Å². The zero-order valence-electron chi connectivity index (χ0n) is 11.5. The summed E-state index contributed by atoms with van der Waals surface area (Å²) in [6.45, 7) is 0. The van der Waals surface area contributed by atoms with Crippen LogP contribution in [-0.4, -0.2) is 72.9 Å². The van der Waals surface area contributed by atoms with Gasteiger partial charge in [0.15, 0.2) is 0 Å². The van der Waals surface area contributed by atoms with Gasteiger partial charge in [-0.1, -0.05) is 0 Å². The van der Waals surface area contributed by atoms with Crippen molar-refractivity contribution in [3.8, 4) is 0 Å². The molecule has 0 atom stereocenters. The maximum atomic E-state index is 10.1. The quantitative estimate of drug-likeness (QED) is 0.255. The molecule has 0 aliphatic heterocycles. The number of aliphatic carboxylic acids is 3. The third-order valence-electron chi connectivity index (χ3n) is 1.25. The van der Waals surface area contributed by atoms with Crippen molar-refractivity contribution in [2.45, 2.75) is 18.4 Å². The summed E-state index contributed by atoms with van der Waals surface area (Å²) >= 11 is 0. The van der Waals surface area contributed by atoms with Gasteiger partial charge in [-0.3, -0.25) is 0 Å². The average molecular weight is 390 g/mol. The second-order valence-electron chi connectivity index (χ2n) is 2.93. The topological polar surface area (TPSA) is 218 Å². The molecular formula is C6H10K2NaO11P. The molecule has 0 fully saturated rings. The molecule has 0 amide bonds. The van der Waals surface area contributed by atoms with Crippen LogP contribution in [0, 0.1) is 0 Å². The molecule has 108 valence electrons. The molecule has 0 aromatic heterocycles. The zero-order chi connectivity index (χ0) is 15.1. The van der Waals surface area contributed by atoms with Crippen LogP contribution in [-0.2, 0) is 18.9 Å². The van der Waals surface area contributed by atoms with Crippen LogP contribution in [0.1, 0.15) is 14.3 Å². The summed E-state index contributed by atoms with van der Waals surface area (Å²) in [4.78, 5) is 51.6. The Labute approximate surface area is 227 Å². The van der Waals surface area contributed by atoms with E-state index in [0.717, 1.165) is 0 Å². The number of hydrogen-bond donors (Lipinski definition) is 4. The predicted molar refractivity (Wildman–Crippen MR) is 51.7 cm³/mol. The summed E-state index contributed by atoms with van der Waals surface area (Å²) in [5.74, 6) is -5.98. The number of carboxylic acid groups (broad SMARTS) is 3. The first-order chi connectivity index (χ1) is 7.78. The number of carbonyl (C=O) groups is 3. The summed E-state index contributed by atoms with van der Waals surface area (Å²) in [7, 11) is -4.64. The molecule has 0 aliphatic rings. The summed E-state index contributed by atoms with van der Waals surface area (Å²) in [6, 6.07) is 0. The van der Waals surface area contributed by atoms with Gasteiger partial charge in [-0.05, 0) is 0 Å². The van der Waals surface area contributed by atoms with Gasteiger partial charge in [0.25, 0.3) is 0 Å². The number of rotatable bonds is 5. The van der Waals surface area contributed by atoms with Crippen molar-refractivity contribution in [3.05, 3.63) is 0 Å². The summed E-state index contributed by atoms with van der Waals surface area (Å²) in [5, 5.41) is 38.9. The number of carboxylic acids is 3. The molecule has 0 bridgehead atoms. The van der Waals surface area contributed by atoms with E-state index in [1.807, 2.05) is 0 Å². The van der Waals surface area contributed by atoms with E-state index < -0.39 is 44.2 Å². The van der Waals surface area contributed by atoms with Gasteiger partial charge in [-0.2, -0.15) is 0 Å². The van der Waals surface area contributed by atoms with E-state index in [0.29, 0.717) is 0 Å². The van der Waals surface area contributed by atoms with Gasteiger partial charge < -0.3 is 49.5 Å². The van der Waals surface area contributed by atoms with Crippen LogP contribution in [0.4, 0.5) is 0 Å². The Bertz CT molecular complexity index is 365. The molecule has 0 aromatic rings. The second kappa shape index (κ2) is 16.2. The molecule has 0 aliphatic carbocycles. The normalized spacial score (nSPS) is 9.52. The van der Waals surface area contributed by atoms with Crippen LogP contribution >= 0.6 is 7.82 Å². The van der Waals surface area contributed by atoms with Crippen molar-refractivity contribution in [1.82, 2.24) is 0 Å². The second-order valence-corrected chi connectivity index (χ2v) is 3.96. The molecule has 0 radical (unpaired) electrons. The monoisotopic (exact) mass is 390 g/mol. The first kappa shape index (κ1) is 35.0. The standard InChI is InChI=1S/C6H8O7.2K.Na.H3O4P.H/c7-3(8)1-6(13,5(11)12)2-4(9)10;;;;1-5(2,3)4;/h13H,1-2H2,(H,7,8)(H,9,10)(H,11,12);;;;(H3,1,2,3,4);/q;2*+1;;;/p-2. The van der Waals surface area contributed by atoms with Crippen molar-refractivity contribution in [3.63, 3.8) is 0 Å². The molecule has 0 aromatic carbocycles. The first-order valence-corrected chi connectivity index (χ1v) is 5.46. The number of carbonyl (C=O) groups excluding carboxylic acids is 3. The average Bonchev–Trinajstić information content (AvgIpc) is 1.95. The van der Waals surface area contributed by atoms with Crippen LogP contribution in [0.2, 0.25) is 0 Å². The molecule has 0 saturated carbocycles. The number of phosphoric acid groups is 1. The van der Waals surface area contributed by atoms with E-state index in [9.17, 15) is 29.7 Å². The van der Waals surface area contributed by atoms with E-state index >= 15 is 0 Å². The predicted octanol–water partition coefficient (Wildman–Crippen LogP) is -12.7. The zero-order valence-corrected chi connectivity index (χ0v) is 17.6. The Kier molecular flexibility index (Phi) is 27.0. The molecule has 0 saturated heterocycles. The maximum absolute atomic E-state index is 10.1. The van der Waals surface area contributed by atoms with Gasteiger partial charge in [0.2, 0.25) is 0 Å². The molecule has 11 nitrogen and oxygen atoms in total. The molecule has 21 heavy (non-hydrogen) atoms. The SMILES string of the molecule is O=C([O-])CC(O)(CC(=O)[O-])C(=O)[O-].O=P(O)(O)O.[H+].[K+].[K+].[NaH]. The van der Waals surface area contributed by atoms with Crippen LogP contribution in [0.3, 0.4) is 0 Å². The van der Waals surface area contributed by atoms with Gasteiger partial charge in [0.1, 0.15) is 5.60 Å². The summed E-state index contributed by atoms with van der Waals surface area (Å²) in [5.41, 5.74) is -2.97. The van der Waals surface area contributed by atoms with Gasteiger partial charge in [0, 0.05) is 24.8 Å². The van der Waals surface area contributed by atoms with E-state index in [1.54, 1.807) is 0 Å². The molecule has 0 heterocycles. The molecule has 0 unspecified atom stereocenters. The van der Waals surface area contributed by atoms with Gasteiger partial charge in [0.05, 0.1) is 5.97 Å². The van der Waals surface area contributed by atoms with Crippen molar-refractivity contribution >= 4 is 55.3 Å². The molecule has 15 heteroatoms. The van der Waals surface area contributed by atoms with Gasteiger partial charge in [-0.25, -0.2) is 4.57 Å². The van der Waals surface area contributed by atoms with Crippen LogP contribution in [0.25, 0.3) is 0 Å². The van der Waals surface area contributed by atoms with Crippen LogP contribution < -0.4 is 118 Å². The summed E-state index contributed by atoms with van der Waals surface area (Å²) < 4.78 is 8.88. The fourth-order valence-electron chi connectivity index (χ4n) is 0.684. The third-order valence-corrected chi connectivity index (χ3v) is 1.25. The summed E-state index contributed by atoms with van der Waals surface area (Å²) in [6.07, 6.45) is -2.72. The molecule has 4 N–H and O–H groups in total. The first-order valence-electron chi connectivity index (χ1n) is 3.90. The van der Waals surface area contributed by atoms with E-state index in [1.165, 1.54) is 0 Å². The van der Waals surface area contributed by atoms with E-state index in [4.69, 9.17) is 24.4 Å². The van der Waals surface area contributed by atoms with Crippen molar-refractivity contribution in [2.24, 2.45) is 0 Å². The Morgan fingerprint density at radius 2 is 1.14 bits per heavy atom. The van der Waals surface area contributed by atoms with E-state index in [2.05, 4.69) is 0 Å².